The van der Waals surface area contributed by atoms with Gasteiger partial charge in [0.05, 0.1) is 7.11 Å². The minimum atomic E-state index is 0. The highest BCUT2D eigenvalue weighted by atomic mass is 127. The topological polar surface area (TPSA) is 45.7 Å². The highest BCUT2D eigenvalue weighted by molar-refractivity contribution is 14.0. The molecule has 4 nitrogen and oxygen atoms in total. The average Bonchev–Trinajstić information content (AvgIpc) is 3.06. The molecule has 1 aromatic rings. The second kappa shape index (κ2) is 10.7. The molecule has 0 amide bonds. The van der Waals surface area contributed by atoms with Gasteiger partial charge in [0.1, 0.15) is 5.75 Å². The smallest absolute Gasteiger partial charge is 0.191 e. The van der Waals surface area contributed by atoms with Crippen molar-refractivity contribution in [1.82, 2.24) is 10.6 Å². The summed E-state index contributed by atoms with van der Waals surface area (Å²) in [5.74, 6) is 2.37. The third kappa shape index (κ3) is 6.57. The summed E-state index contributed by atoms with van der Waals surface area (Å²) < 4.78 is 5.20. The standard InChI is InChI=1S/C18H29N3O.HI/c1-14(15-8-10-17(22-3)11-9-15)12-13-20-18(19-2)21-16-6-4-5-7-16;/h8-11,14,16H,4-7,12-13H2,1-3H3,(H2,19,20,21);1H. The maximum absolute atomic E-state index is 5.20. The predicted octanol–water partition coefficient (Wildman–Crippen LogP) is 3.91. The molecule has 0 bridgehead atoms. The molecule has 1 aliphatic rings. The Bertz CT molecular complexity index is 470. The van der Waals surface area contributed by atoms with Crippen molar-refractivity contribution in [2.24, 2.45) is 4.99 Å². The van der Waals surface area contributed by atoms with Gasteiger partial charge in [-0.1, -0.05) is 31.9 Å². The van der Waals surface area contributed by atoms with E-state index in [4.69, 9.17) is 4.74 Å². The Morgan fingerprint density at radius 1 is 1.26 bits per heavy atom. The van der Waals surface area contributed by atoms with Crippen molar-refractivity contribution in [2.75, 3.05) is 20.7 Å². The maximum Gasteiger partial charge on any atom is 0.191 e. The van der Waals surface area contributed by atoms with Gasteiger partial charge in [0, 0.05) is 19.6 Å². The SMILES string of the molecule is CN=C(NCCC(C)c1ccc(OC)cc1)NC1CCCC1.I. The van der Waals surface area contributed by atoms with Crippen LogP contribution in [0.4, 0.5) is 0 Å². The number of nitrogens with zero attached hydrogens (tertiary/aromatic N) is 1. The monoisotopic (exact) mass is 431 g/mol. The van der Waals surface area contributed by atoms with Crippen LogP contribution >= 0.6 is 24.0 Å². The highest BCUT2D eigenvalue weighted by Crippen LogP contribution is 2.21. The maximum atomic E-state index is 5.20. The summed E-state index contributed by atoms with van der Waals surface area (Å²) in [7, 11) is 3.54. The largest absolute Gasteiger partial charge is 0.497 e. The van der Waals surface area contributed by atoms with Crippen molar-refractivity contribution < 1.29 is 4.74 Å². The lowest BCUT2D eigenvalue weighted by Gasteiger charge is -2.18. The van der Waals surface area contributed by atoms with E-state index in [1.807, 2.05) is 19.2 Å². The molecule has 1 unspecified atom stereocenters. The van der Waals surface area contributed by atoms with Gasteiger partial charge in [0.2, 0.25) is 0 Å². The van der Waals surface area contributed by atoms with Crippen LogP contribution in [0, 0.1) is 0 Å². The molecule has 2 N–H and O–H groups in total. The van der Waals surface area contributed by atoms with E-state index in [1.165, 1.54) is 31.2 Å². The molecule has 1 saturated carbocycles. The molecule has 2 rings (SSSR count). The number of hydrogen-bond donors (Lipinski definition) is 2. The number of rotatable bonds is 6. The first-order valence-electron chi connectivity index (χ1n) is 8.34. The molecular weight excluding hydrogens is 401 g/mol. The highest BCUT2D eigenvalue weighted by Gasteiger charge is 2.15. The van der Waals surface area contributed by atoms with Gasteiger partial charge in [0.15, 0.2) is 5.96 Å². The Balaban J connectivity index is 0.00000264. The van der Waals surface area contributed by atoms with Crippen LogP contribution < -0.4 is 15.4 Å². The van der Waals surface area contributed by atoms with Crippen LogP contribution in [0.5, 0.6) is 5.75 Å². The first kappa shape index (κ1) is 20.1. The minimum absolute atomic E-state index is 0. The molecular formula is C18H30IN3O. The van der Waals surface area contributed by atoms with Gasteiger partial charge in [0.25, 0.3) is 0 Å². The van der Waals surface area contributed by atoms with Crippen molar-refractivity contribution in [3.63, 3.8) is 0 Å². The molecule has 0 radical (unpaired) electrons. The molecule has 0 spiro atoms. The lowest BCUT2D eigenvalue weighted by Crippen LogP contribution is -2.42. The number of nitrogens with one attached hydrogen (secondary N) is 2. The minimum Gasteiger partial charge on any atom is -0.497 e. The van der Waals surface area contributed by atoms with Crippen LogP contribution in [0.1, 0.15) is 50.5 Å². The number of guanidine groups is 1. The molecule has 5 heteroatoms. The van der Waals surface area contributed by atoms with Gasteiger partial charge in [-0.15, -0.1) is 24.0 Å². The average molecular weight is 431 g/mol. The number of aliphatic imine (C=N–C) groups is 1. The summed E-state index contributed by atoms with van der Waals surface area (Å²) in [5, 5.41) is 6.95. The van der Waals surface area contributed by atoms with Crippen LogP contribution in [0.25, 0.3) is 0 Å². The molecule has 130 valence electrons. The second-order valence-electron chi connectivity index (χ2n) is 6.09. The van der Waals surface area contributed by atoms with Gasteiger partial charge < -0.3 is 15.4 Å². The lowest BCUT2D eigenvalue weighted by molar-refractivity contribution is 0.414. The fraction of sp³-hybridized carbons (Fsp3) is 0.611. The van der Waals surface area contributed by atoms with Crippen LogP contribution in [0.15, 0.2) is 29.3 Å². The summed E-state index contributed by atoms with van der Waals surface area (Å²) in [6, 6.07) is 8.95. The summed E-state index contributed by atoms with van der Waals surface area (Å²) in [6.45, 7) is 3.19. The molecule has 1 aromatic carbocycles. The Morgan fingerprint density at radius 3 is 2.48 bits per heavy atom. The van der Waals surface area contributed by atoms with E-state index >= 15 is 0 Å². The number of ether oxygens (including phenoxy) is 1. The molecule has 1 aliphatic carbocycles. The normalized spacial score (nSPS) is 16.6. The van der Waals surface area contributed by atoms with Gasteiger partial charge in [-0.25, -0.2) is 0 Å². The van der Waals surface area contributed by atoms with Crippen LogP contribution in [0.3, 0.4) is 0 Å². The molecule has 0 heterocycles. The van der Waals surface area contributed by atoms with E-state index in [9.17, 15) is 0 Å². The summed E-state index contributed by atoms with van der Waals surface area (Å²) >= 11 is 0. The number of hydrogen-bond acceptors (Lipinski definition) is 2. The Hall–Kier alpha value is -0.980. The third-order valence-electron chi connectivity index (χ3n) is 4.47. The van der Waals surface area contributed by atoms with E-state index in [-0.39, 0.29) is 24.0 Å². The molecule has 0 saturated heterocycles. The van der Waals surface area contributed by atoms with E-state index in [0.29, 0.717) is 12.0 Å². The summed E-state index contributed by atoms with van der Waals surface area (Å²) in [4.78, 5) is 4.32. The van der Waals surface area contributed by atoms with E-state index in [0.717, 1.165) is 24.7 Å². The Kier molecular flexibility index (Phi) is 9.36. The predicted molar refractivity (Wildman–Crippen MR) is 108 cm³/mol. The fourth-order valence-corrected chi connectivity index (χ4v) is 2.96. The molecule has 0 aromatic heterocycles. The second-order valence-corrected chi connectivity index (χ2v) is 6.09. The summed E-state index contributed by atoms with van der Waals surface area (Å²) in [5.41, 5.74) is 1.35. The van der Waals surface area contributed by atoms with Crippen LogP contribution in [-0.4, -0.2) is 32.7 Å². The van der Waals surface area contributed by atoms with Crippen molar-refractivity contribution >= 4 is 29.9 Å². The van der Waals surface area contributed by atoms with Crippen LogP contribution in [0.2, 0.25) is 0 Å². The van der Waals surface area contributed by atoms with Gasteiger partial charge >= 0.3 is 0 Å². The van der Waals surface area contributed by atoms with Crippen molar-refractivity contribution in [1.29, 1.82) is 0 Å². The molecule has 0 aliphatic heterocycles. The van der Waals surface area contributed by atoms with E-state index in [1.54, 1.807) is 7.11 Å². The first-order chi connectivity index (χ1) is 10.7. The Morgan fingerprint density at radius 2 is 1.91 bits per heavy atom. The van der Waals surface area contributed by atoms with E-state index in [2.05, 4.69) is 34.7 Å². The quantitative estimate of drug-likeness (QED) is 0.408. The van der Waals surface area contributed by atoms with Gasteiger partial charge in [-0.2, -0.15) is 0 Å². The molecule has 1 atom stereocenters. The Labute approximate surface area is 157 Å². The van der Waals surface area contributed by atoms with Gasteiger partial charge in [-0.05, 0) is 42.9 Å². The van der Waals surface area contributed by atoms with E-state index < -0.39 is 0 Å². The molecule has 1 fully saturated rings. The van der Waals surface area contributed by atoms with Crippen LogP contribution in [-0.2, 0) is 0 Å². The zero-order valence-corrected chi connectivity index (χ0v) is 16.8. The van der Waals surface area contributed by atoms with Gasteiger partial charge in [-0.3, -0.25) is 4.99 Å². The zero-order valence-electron chi connectivity index (χ0n) is 14.5. The van der Waals surface area contributed by atoms with Crippen molar-refractivity contribution in [3.05, 3.63) is 29.8 Å². The molecule has 23 heavy (non-hydrogen) atoms. The van der Waals surface area contributed by atoms with Crippen molar-refractivity contribution in [2.45, 2.75) is 51.0 Å². The lowest BCUT2D eigenvalue weighted by atomic mass is 9.98. The fourth-order valence-electron chi connectivity index (χ4n) is 2.96. The van der Waals surface area contributed by atoms with Crippen molar-refractivity contribution in [3.8, 4) is 5.75 Å². The summed E-state index contributed by atoms with van der Waals surface area (Å²) in [6.07, 6.45) is 6.29. The number of benzene rings is 1. The number of methoxy groups -OCH3 is 1. The first-order valence-corrected chi connectivity index (χ1v) is 8.34. The number of halogens is 1. The zero-order chi connectivity index (χ0) is 15.8. The third-order valence-corrected chi connectivity index (χ3v) is 4.47.